The Morgan fingerprint density at radius 2 is 1.75 bits per heavy atom. The molecule has 28 heavy (non-hydrogen) atoms. The van der Waals surface area contributed by atoms with Crippen molar-refractivity contribution < 1.29 is 23.6 Å². The number of benzene rings is 2. The number of esters is 1. The summed E-state index contributed by atoms with van der Waals surface area (Å²) in [5.74, 6) is 0.203. The normalized spacial score (nSPS) is 16.7. The number of carbonyl (C=O) groups excluding carboxylic acids is 2. The minimum Gasteiger partial charge on any atom is -0.457 e. The molecule has 136 valence electrons. The van der Waals surface area contributed by atoms with Crippen molar-refractivity contribution in [1.29, 1.82) is 0 Å². The van der Waals surface area contributed by atoms with Crippen LogP contribution in [-0.2, 0) is 21.0 Å². The van der Waals surface area contributed by atoms with Crippen LogP contribution in [0.15, 0.2) is 75.8 Å². The smallest absolute Gasteiger partial charge is 0.368 e. The second-order valence-corrected chi connectivity index (χ2v) is 6.39. The molecule has 2 aliphatic rings. The van der Waals surface area contributed by atoms with E-state index in [1.54, 1.807) is 24.3 Å². The number of hydrogen-bond acceptors (Lipinski definition) is 6. The van der Waals surface area contributed by atoms with Crippen molar-refractivity contribution in [3.05, 3.63) is 88.7 Å². The van der Waals surface area contributed by atoms with Crippen LogP contribution >= 0.6 is 0 Å². The van der Waals surface area contributed by atoms with E-state index in [1.807, 2.05) is 42.5 Å². The first kappa shape index (κ1) is 16.3. The van der Waals surface area contributed by atoms with Crippen molar-refractivity contribution in [3.63, 3.8) is 0 Å². The Bertz CT molecular complexity index is 1170. The zero-order valence-corrected chi connectivity index (χ0v) is 14.5. The van der Waals surface area contributed by atoms with Gasteiger partial charge in [-0.25, -0.2) is 9.59 Å². The van der Waals surface area contributed by atoms with Gasteiger partial charge in [0, 0.05) is 16.7 Å². The Balaban J connectivity index is 1.48. The number of nitrogens with zero attached hydrogens (tertiary/aromatic N) is 1. The van der Waals surface area contributed by atoms with Crippen LogP contribution in [0.4, 0.5) is 0 Å². The highest BCUT2D eigenvalue weighted by Gasteiger charge is 2.27. The lowest BCUT2D eigenvalue weighted by atomic mass is 10.0. The van der Waals surface area contributed by atoms with Gasteiger partial charge in [-0.15, -0.1) is 0 Å². The lowest BCUT2D eigenvalue weighted by molar-refractivity contribution is -0.136. The average molecular weight is 371 g/mol. The van der Waals surface area contributed by atoms with Crippen LogP contribution in [0.1, 0.15) is 27.2 Å². The molecule has 5 rings (SSSR count). The third-order valence-electron chi connectivity index (χ3n) is 4.63. The minimum atomic E-state index is -0.530. The summed E-state index contributed by atoms with van der Waals surface area (Å²) in [5, 5.41) is 3.88. The van der Waals surface area contributed by atoms with Crippen molar-refractivity contribution in [2.75, 3.05) is 0 Å². The molecule has 3 heterocycles. The number of furan rings is 1. The number of hydrogen-bond donors (Lipinski definition) is 0. The van der Waals surface area contributed by atoms with Gasteiger partial charge < -0.3 is 14.0 Å². The predicted molar refractivity (Wildman–Crippen MR) is 100 cm³/mol. The molecular formula is C22H13NO5. The number of carbonyl (C=O) groups is 2. The molecule has 0 amide bonds. The van der Waals surface area contributed by atoms with Crippen LogP contribution in [0.2, 0.25) is 0 Å². The van der Waals surface area contributed by atoms with Gasteiger partial charge in [0.25, 0.3) is 0 Å². The highest BCUT2D eigenvalue weighted by Crippen LogP contribution is 2.29. The summed E-state index contributed by atoms with van der Waals surface area (Å²) in [4.78, 5) is 28.7. The molecule has 0 saturated heterocycles. The number of oxime groups is 1. The van der Waals surface area contributed by atoms with Gasteiger partial charge in [0.05, 0.1) is 11.1 Å². The summed E-state index contributed by atoms with van der Waals surface area (Å²) in [6.07, 6.45) is 1.60. The second kappa shape index (κ2) is 6.35. The van der Waals surface area contributed by atoms with Gasteiger partial charge in [0.2, 0.25) is 0 Å². The van der Waals surface area contributed by atoms with E-state index in [9.17, 15) is 9.59 Å². The minimum absolute atomic E-state index is 0.299. The van der Waals surface area contributed by atoms with Crippen molar-refractivity contribution >= 4 is 23.7 Å². The number of rotatable bonds is 3. The average Bonchev–Trinajstić information content (AvgIpc) is 3.43. The molecule has 0 fully saturated rings. The van der Waals surface area contributed by atoms with Gasteiger partial charge in [-0.05, 0) is 24.3 Å². The predicted octanol–water partition coefficient (Wildman–Crippen LogP) is 3.96. The van der Waals surface area contributed by atoms with Crippen LogP contribution in [0.5, 0.6) is 0 Å². The monoisotopic (exact) mass is 371 g/mol. The summed E-state index contributed by atoms with van der Waals surface area (Å²) in [7, 11) is 0. The van der Waals surface area contributed by atoms with E-state index in [0.29, 0.717) is 35.0 Å². The first-order valence-corrected chi connectivity index (χ1v) is 8.66. The maximum atomic E-state index is 12.1. The van der Waals surface area contributed by atoms with E-state index < -0.39 is 5.97 Å². The molecule has 0 N–H and O–H groups in total. The molecule has 6 heteroatoms. The van der Waals surface area contributed by atoms with Gasteiger partial charge >= 0.3 is 11.9 Å². The SMILES string of the molecule is O=C1ON=C(c2ccccc2)/C1=C/c1ccc(-c2ccc3c(c2)C(=O)OC3)o1. The van der Waals surface area contributed by atoms with Gasteiger partial charge in [0.15, 0.2) is 0 Å². The van der Waals surface area contributed by atoms with Crippen molar-refractivity contribution in [3.8, 4) is 11.3 Å². The van der Waals surface area contributed by atoms with E-state index in [-0.39, 0.29) is 5.97 Å². The fourth-order valence-corrected chi connectivity index (χ4v) is 3.21. The summed E-state index contributed by atoms with van der Waals surface area (Å²) in [6.45, 7) is 0.299. The van der Waals surface area contributed by atoms with Gasteiger partial charge in [-0.2, -0.15) is 0 Å². The van der Waals surface area contributed by atoms with E-state index in [4.69, 9.17) is 14.0 Å². The summed E-state index contributed by atoms with van der Waals surface area (Å²) in [5.41, 5.74) is 3.73. The maximum absolute atomic E-state index is 12.1. The lowest BCUT2D eigenvalue weighted by Crippen LogP contribution is -2.06. The molecule has 0 radical (unpaired) electrons. The fraction of sp³-hybridized carbons (Fsp3) is 0.0455. The molecule has 2 aromatic carbocycles. The van der Waals surface area contributed by atoms with Crippen LogP contribution in [0.25, 0.3) is 17.4 Å². The molecule has 0 unspecified atom stereocenters. The van der Waals surface area contributed by atoms with Gasteiger partial charge in [-0.3, -0.25) is 0 Å². The summed E-state index contributed by atoms with van der Waals surface area (Å²) < 4.78 is 10.9. The molecule has 0 saturated carbocycles. The van der Waals surface area contributed by atoms with Crippen molar-refractivity contribution in [1.82, 2.24) is 0 Å². The first-order chi connectivity index (χ1) is 13.7. The third-order valence-corrected chi connectivity index (χ3v) is 4.63. The molecule has 1 aromatic heterocycles. The van der Waals surface area contributed by atoms with Crippen molar-refractivity contribution in [2.45, 2.75) is 6.61 Å². The molecule has 0 atom stereocenters. The molecule has 0 bridgehead atoms. The van der Waals surface area contributed by atoms with Crippen LogP contribution < -0.4 is 0 Å². The highest BCUT2D eigenvalue weighted by molar-refractivity contribution is 6.31. The Morgan fingerprint density at radius 1 is 0.893 bits per heavy atom. The second-order valence-electron chi connectivity index (χ2n) is 6.39. The van der Waals surface area contributed by atoms with Crippen LogP contribution in [0, 0.1) is 0 Å². The maximum Gasteiger partial charge on any atom is 0.368 e. The van der Waals surface area contributed by atoms with E-state index in [1.165, 1.54) is 0 Å². The highest BCUT2D eigenvalue weighted by atomic mass is 16.7. The summed E-state index contributed by atoms with van der Waals surface area (Å²) >= 11 is 0. The quantitative estimate of drug-likeness (QED) is 0.396. The molecule has 3 aromatic rings. The Hall–Kier alpha value is -3.93. The van der Waals surface area contributed by atoms with Crippen LogP contribution in [-0.4, -0.2) is 17.7 Å². The molecule has 0 aliphatic carbocycles. The lowest BCUT2D eigenvalue weighted by Gasteiger charge is -2.00. The Kier molecular flexibility index (Phi) is 3.69. The molecule has 0 spiro atoms. The largest absolute Gasteiger partial charge is 0.457 e. The van der Waals surface area contributed by atoms with E-state index >= 15 is 0 Å². The molecule has 6 nitrogen and oxygen atoms in total. The first-order valence-electron chi connectivity index (χ1n) is 8.66. The summed E-state index contributed by atoms with van der Waals surface area (Å²) in [6, 6.07) is 18.3. The fourth-order valence-electron chi connectivity index (χ4n) is 3.21. The zero-order chi connectivity index (χ0) is 19.1. The Morgan fingerprint density at radius 3 is 2.61 bits per heavy atom. The van der Waals surface area contributed by atoms with Gasteiger partial charge in [0.1, 0.15) is 23.8 Å². The van der Waals surface area contributed by atoms with E-state index in [2.05, 4.69) is 5.16 Å². The molecule has 2 aliphatic heterocycles. The number of fused-ring (bicyclic) bond motifs is 1. The standard InChI is InChI=1S/C22H13NO5/c24-21-17-10-14(6-7-15(17)12-26-21)19-9-8-16(27-19)11-18-20(23-28-22(18)25)13-4-2-1-3-5-13/h1-11H,12H2/b18-11-. The van der Waals surface area contributed by atoms with Crippen molar-refractivity contribution in [2.24, 2.45) is 5.16 Å². The number of cyclic esters (lactones) is 1. The van der Waals surface area contributed by atoms with Crippen LogP contribution in [0.3, 0.4) is 0 Å². The number of ether oxygens (including phenoxy) is 1. The molecular weight excluding hydrogens is 358 g/mol. The van der Waals surface area contributed by atoms with E-state index in [0.717, 1.165) is 16.7 Å². The van der Waals surface area contributed by atoms with Gasteiger partial charge in [-0.1, -0.05) is 47.6 Å². The zero-order valence-electron chi connectivity index (χ0n) is 14.5. The Labute approximate surface area is 159 Å². The topological polar surface area (TPSA) is 78.1 Å². The third kappa shape index (κ3) is 2.72.